The summed E-state index contributed by atoms with van der Waals surface area (Å²) in [4.78, 5) is 24.5. The topological polar surface area (TPSA) is 58.2 Å². The number of hydrogen-bond donors (Lipinski definition) is 2. The quantitative estimate of drug-likeness (QED) is 0.737. The van der Waals surface area contributed by atoms with Crippen LogP contribution in [0.1, 0.15) is 32.3 Å². The lowest BCUT2D eigenvalue weighted by atomic mass is 10.0. The van der Waals surface area contributed by atoms with E-state index in [4.69, 9.17) is 23.2 Å². The van der Waals surface area contributed by atoms with Crippen LogP contribution in [0.5, 0.6) is 0 Å². The van der Waals surface area contributed by atoms with Gasteiger partial charge in [0.25, 0.3) is 0 Å². The van der Waals surface area contributed by atoms with Crippen molar-refractivity contribution in [1.29, 1.82) is 0 Å². The van der Waals surface area contributed by atoms with Gasteiger partial charge in [-0.05, 0) is 42.9 Å². The van der Waals surface area contributed by atoms with Crippen LogP contribution in [0.3, 0.4) is 0 Å². The summed E-state index contributed by atoms with van der Waals surface area (Å²) in [5.41, 5.74) is 0.0593. The average Bonchev–Trinajstić information content (AvgIpc) is 3.28. The fourth-order valence-corrected chi connectivity index (χ4v) is 2.86. The molecule has 0 saturated heterocycles. The molecule has 1 fully saturated rings. The van der Waals surface area contributed by atoms with Crippen molar-refractivity contribution in [3.63, 3.8) is 0 Å². The molecule has 0 aromatic heterocycles. The largest absolute Gasteiger partial charge is 0.355 e. The molecular weight excluding hydrogens is 335 g/mol. The van der Waals surface area contributed by atoms with Gasteiger partial charge in [-0.3, -0.25) is 9.59 Å². The van der Waals surface area contributed by atoms with Gasteiger partial charge in [-0.2, -0.15) is 0 Å². The Balaban J connectivity index is 1.83. The van der Waals surface area contributed by atoms with E-state index in [2.05, 4.69) is 10.6 Å². The highest BCUT2D eigenvalue weighted by atomic mass is 35.5. The predicted octanol–water partition coefficient (Wildman–Crippen LogP) is 3.20. The van der Waals surface area contributed by atoms with Gasteiger partial charge in [0.2, 0.25) is 11.8 Å². The first-order valence-corrected chi connectivity index (χ1v) is 8.61. The van der Waals surface area contributed by atoms with E-state index in [9.17, 15) is 9.59 Å². The van der Waals surface area contributed by atoms with E-state index in [0.29, 0.717) is 48.3 Å². The van der Waals surface area contributed by atoms with Crippen LogP contribution in [0.15, 0.2) is 18.2 Å². The van der Waals surface area contributed by atoms with Crippen LogP contribution in [0.25, 0.3) is 0 Å². The zero-order valence-electron chi connectivity index (χ0n) is 13.4. The van der Waals surface area contributed by atoms with Gasteiger partial charge in [-0.25, -0.2) is 0 Å². The summed E-state index contributed by atoms with van der Waals surface area (Å²) in [5, 5.41) is 6.88. The molecule has 0 unspecified atom stereocenters. The number of carbonyl (C=O) groups excluding carboxylic acids is 2. The minimum atomic E-state index is -0.862. The fraction of sp³-hybridized carbons (Fsp3) is 0.529. The molecule has 0 radical (unpaired) electrons. The zero-order valence-corrected chi connectivity index (χ0v) is 14.9. The second-order valence-electron chi connectivity index (χ2n) is 6.43. The van der Waals surface area contributed by atoms with Gasteiger partial charge in [0, 0.05) is 23.1 Å². The van der Waals surface area contributed by atoms with Crippen molar-refractivity contribution in [2.24, 2.45) is 11.3 Å². The molecule has 2 N–H and O–H groups in total. The molecule has 1 aromatic rings. The molecule has 23 heavy (non-hydrogen) atoms. The van der Waals surface area contributed by atoms with Gasteiger partial charge in [-0.15, -0.1) is 0 Å². The molecule has 4 nitrogen and oxygen atoms in total. The summed E-state index contributed by atoms with van der Waals surface area (Å²) in [7, 11) is 0. The number of carbonyl (C=O) groups is 2. The van der Waals surface area contributed by atoms with Gasteiger partial charge in [0.05, 0.1) is 0 Å². The van der Waals surface area contributed by atoms with Gasteiger partial charge < -0.3 is 10.6 Å². The molecule has 0 heterocycles. The van der Waals surface area contributed by atoms with Crippen molar-refractivity contribution in [3.8, 4) is 0 Å². The van der Waals surface area contributed by atoms with Crippen molar-refractivity contribution in [2.45, 2.75) is 33.1 Å². The molecule has 0 spiro atoms. The van der Waals surface area contributed by atoms with Crippen LogP contribution in [0, 0.1) is 11.3 Å². The summed E-state index contributed by atoms with van der Waals surface area (Å²) in [6.45, 7) is 5.08. The highest BCUT2D eigenvalue weighted by Crippen LogP contribution is 2.46. The lowest BCUT2D eigenvalue weighted by molar-refractivity contribution is -0.137. The van der Waals surface area contributed by atoms with E-state index in [1.165, 1.54) is 0 Å². The maximum atomic E-state index is 12.3. The van der Waals surface area contributed by atoms with E-state index in [1.54, 1.807) is 12.1 Å². The maximum absolute atomic E-state index is 12.3. The first-order valence-electron chi connectivity index (χ1n) is 7.85. The number of nitrogens with one attached hydrogen (secondary N) is 2. The van der Waals surface area contributed by atoms with Crippen LogP contribution in [0.2, 0.25) is 10.0 Å². The SMILES string of the molecule is CC(C)CNC(=O)C1(C(=O)NCCc2ccc(Cl)cc2Cl)CC1. The fourth-order valence-electron chi connectivity index (χ4n) is 2.35. The molecular formula is C17H22Cl2N2O2. The monoisotopic (exact) mass is 356 g/mol. The standard InChI is InChI=1S/C17H22Cl2N2O2/c1-11(2)10-21-16(23)17(6-7-17)15(22)20-8-5-12-3-4-13(18)9-14(12)19/h3-4,9,11H,5-8,10H2,1-2H3,(H,20,22)(H,21,23). The highest BCUT2D eigenvalue weighted by Gasteiger charge is 2.56. The van der Waals surface area contributed by atoms with Crippen LogP contribution in [-0.2, 0) is 16.0 Å². The average molecular weight is 357 g/mol. The summed E-state index contributed by atoms with van der Waals surface area (Å²) in [6.07, 6.45) is 1.83. The predicted molar refractivity (Wildman–Crippen MR) is 92.7 cm³/mol. The van der Waals surface area contributed by atoms with Gasteiger partial charge in [0.15, 0.2) is 0 Å². The number of amides is 2. The summed E-state index contributed by atoms with van der Waals surface area (Å²) >= 11 is 12.0. The van der Waals surface area contributed by atoms with Crippen LogP contribution in [-0.4, -0.2) is 24.9 Å². The minimum absolute atomic E-state index is 0.159. The first-order chi connectivity index (χ1) is 10.8. The Morgan fingerprint density at radius 3 is 2.39 bits per heavy atom. The molecule has 0 atom stereocenters. The Morgan fingerprint density at radius 2 is 1.83 bits per heavy atom. The molecule has 1 saturated carbocycles. The second kappa shape index (κ2) is 7.54. The van der Waals surface area contributed by atoms with E-state index in [-0.39, 0.29) is 11.8 Å². The third-order valence-corrected chi connectivity index (χ3v) is 4.57. The Hall–Kier alpha value is -1.26. The zero-order chi connectivity index (χ0) is 17.0. The van der Waals surface area contributed by atoms with Gasteiger partial charge in [-0.1, -0.05) is 43.1 Å². The second-order valence-corrected chi connectivity index (χ2v) is 7.27. The summed E-state index contributed by atoms with van der Waals surface area (Å²) in [6, 6.07) is 5.30. The number of benzene rings is 1. The molecule has 1 aromatic carbocycles. The summed E-state index contributed by atoms with van der Waals surface area (Å²) < 4.78 is 0. The van der Waals surface area contributed by atoms with Crippen molar-refractivity contribution in [3.05, 3.63) is 33.8 Å². The highest BCUT2D eigenvalue weighted by molar-refractivity contribution is 6.35. The maximum Gasteiger partial charge on any atom is 0.235 e. The smallest absolute Gasteiger partial charge is 0.235 e. The molecule has 6 heteroatoms. The third-order valence-electron chi connectivity index (χ3n) is 3.99. The van der Waals surface area contributed by atoms with Crippen molar-refractivity contribution in [1.82, 2.24) is 10.6 Å². The van der Waals surface area contributed by atoms with Crippen molar-refractivity contribution >= 4 is 35.0 Å². The molecule has 0 aliphatic heterocycles. The van der Waals surface area contributed by atoms with E-state index in [0.717, 1.165) is 5.56 Å². The Labute approximate surface area is 146 Å². The van der Waals surface area contributed by atoms with Crippen molar-refractivity contribution in [2.75, 3.05) is 13.1 Å². The van der Waals surface area contributed by atoms with Crippen LogP contribution < -0.4 is 10.6 Å². The van der Waals surface area contributed by atoms with Gasteiger partial charge in [0.1, 0.15) is 5.41 Å². The number of rotatable bonds is 7. The van der Waals surface area contributed by atoms with Crippen LogP contribution >= 0.6 is 23.2 Å². The molecule has 126 valence electrons. The van der Waals surface area contributed by atoms with E-state index in [1.807, 2.05) is 19.9 Å². The minimum Gasteiger partial charge on any atom is -0.355 e. The third kappa shape index (κ3) is 4.61. The lowest BCUT2D eigenvalue weighted by Gasteiger charge is -2.16. The molecule has 2 rings (SSSR count). The molecule has 1 aliphatic rings. The Kier molecular flexibility index (Phi) is 5.93. The number of halogens is 2. The molecule has 1 aliphatic carbocycles. The summed E-state index contributed by atoms with van der Waals surface area (Å²) in [5.74, 6) is 0.0157. The van der Waals surface area contributed by atoms with Crippen LogP contribution in [0.4, 0.5) is 0 Å². The van der Waals surface area contributed by atoms with E-state index < -0.39 is 5.41 Å². The first kappa shape index (κ1) is 18.1. The lowest BCUT2D eigenvalue weighted by Crippen LogP contribution is -2.44. The van der Waals surface area contributed by atoms with E-state index >= 15 is 0 Å². The van der Waals surface area contributed by atoms with Crippen molar-refractivity contribution < 1.29 is 9.59 Å². The number of hydrogen-bond acceptors (Lipinski definition) is 2. The Morgan fingerprint density at radius 1 is 1.17 bits per heavy atom. The van der Waals surface area contributed by atoms with Gasteiger partial charge >= 0.3 is 0 Å². The molecule has 0 bridgehead atoms. The molecule has 2 amide bonds. The Bertz CT molecular complexity index is 598. The normalized spacial score (nSPS) is 15.3.